The number of hydrogen-bond donors (Lipinski definition) is 3. The lowest BCUT2D eigenvalue weighted by atomic mass is 9.97. The van der Waals surface area contributed by atoms with Gasteiger partial charge in [0.05, 0.1) is 18.7 Å². The number of aliphatic hydroxyl groups excluding tert-OH is 1. The summed E-state index contributed by atoms with van der Waals surface area (Å²) in [5.41, 5.74) is -0.477. The van der Waals surface area contributed by atoms with Crippen LogP contribution in [0.2, 0.25) is 0 Å². The molecule has 2 rings (SSSR count). The van der Waals surface area contributed by atoms with Crippen LogP contribution >= 0.6 is 11.3 Å². The molecule has 0 bridgehead atoms. The van der Waals surface area contributed by atoms with Gasteiger partial charge in [-0.2, -0.15) is 0 Å². The van der Waals surface area contributed by atoms with Crippen LogP contribution in [0.1, 0.15) is 29.5 Å². The molecule has 0 spiro atoms. The monoisotopic (exact) mass is 268 g/mol. The average molecular weight is 268 g/mol. The largest absolute Gasteiger partial charge is 0.394 e. The van der Waals surface area contributed by atoms with Crippen LogP contribution in [0.5, 0.6) is 0 Å². The highest BCUT2D eigenvalue weighted by atomic mass is 32.1. The summed E-state index contributed by atoms with van der Waals surface area (Å²) in [6.07, 6.45) is 2.17. The number of aliphatic hydroxyl groups is 1. The maximum absolute atomic E-state index is 11.8. The van der Waals surface area contributed by atoms with Crippen molar-refractivity contribution in [3.63, 3.8) is 0 Å². The Hall–Kier alpha value is -1.07. The summed E-state index contributed by atoms with van der Waals surface area (Å²) in [6, 6.07) is 3.86. The molecule has 1 heterocycles. The smallest absolute Gasteiger partial charge is 0.315 e. The maximum atomic E-state index is 11.8. The molecular weight excluding hydrogens is 248 g/mol. The Labute approximate surface area is 111 Å². The molecule has 1 aliphatic rings. The third kappa shape index (κ3) is 3.23. The molecule has 1 aliphatic carbocycles. The predicted molar refractivity (Wildman–Crippen MR) is 72.6 cm³/mol. The van der Waals surface area contributed by atoms with E-state index in [1.54, 1.807) is 11.3 Å². The summed E-state index contributed by atoms with van der Waals surface area (Å²) < 4.78 is 0. The van der Waals surface area contributed by atoms with E-state index in [0.29, 0.717) is 12.5 Å². The molecule has 3 N–H and O–H groups in total. The molecule has 18 heavy (non-hydrogen) atoms. The van der Waals surface area contributed by atoms with Gasteiger partial charge in [-0.1, -0.05) is 0 Å². The van der Waals surface area contributed by atoms with Crippen molar-refractivity contribution in [1.82, 2.24) is 10.6 Å². The zero-order valence-corrected chi connectivity index (χ0v) is 11.6. The van der Waals surface area contributed by atoms with Crippen molar-refractivity contribution in [2.45, 2.75) is 38.8 Å². The zero-order chi connectivity index (χ0) is 13.2. The van der Waals surface area contributed by atoms with Gasteiger partial charge in [0.25, 0.3) is 0 Å². The Balaban J connectivity index is 1.81. The van der Waals surface area contributed by atoms with Crippen LogP contribution < -0.4 is 10.6 Å². The first kappa shape index (κ1) is 13.4. The summed E-state index contributed by atoms with van der Waals surface area (Å²) in [5, 5.41) is 15.1. The number of aryl methyl sites for hydroxylation is 1. The fraction of sp³-hybridized carbons (Fsp3) is 0.615. The van der Waals surface area contributed by atoms with E-state index in [4.69, 9.17) is 0 Å². The summed E-state index contributed by atoms with van der Waals surface area (Å²) in [5.74, 6) is 0.414. The molecule has 1 aromatic rings. The Morgan fingerprint density at radius 3 is 2.78 bits per heavy atom. The second-order valence-corrected chi connectivity index (χ2v) is 6.54. The van der Waals surface area contributed by atoms with Gasteiger partial charge >= 0.3 is 6.03 Å². The van der Waals surface area contributed by atoms with E-state index in [0.717, 1.165) is 17.7 Å². The van der Waals surface area contributed by atoms with Crippen LogP contribution in [0.4, 0.5) is 4.79 Å². The number of thiophene rings is 1. The number of rotatable bonds is 5. The van der Waals surface area contributed by atoms with E-state index >= 15 is 0 Å². The fourth-order valence-electron chi connectivity index (χ4n) is 2.04. The molecule has 0 radical (unpaired) electrons. The number of carbonyl (C=O) groups excluding carboxylic acids is 1. The first-order valence-electron chi connectivity index (χ1n) is 6.26. The standard InChI is InChI=1S/C13H20N2O2S/c1-9-3-6-11(18-9)7-14-12(17)15-13(2,8-16)10-4-5-10/h3,6,10,16H,4-5,7-8H2,1-2H3,(H2,14,15,17). The molecule has 1 fully saturated rings. The normalized spacial score (nSPS) is 18.2. The van der Waals surface area contributed by atoms with Gasteiger partial charge in [0, 0.05) is 9.75 Å². The van der Waals surface area contributed by atoms with Gasteiger partial charge in [0.2, 0.25) is 0 Å². The number of carbonyl (C=O) groups is 1. The molecule has 1 aromatic heterocycles. The van der Waals surface area contributed by atoms with E-state index in [9.17, 15) is 9.90 Å². The average Bonchev–Trinajstić information content (AvgIpc) is 3.11. The molecule has 5 heteroatoms. The van der Waals surface area contributed by atoms with Gasteiger partial charge in [-0.3, -0.25) is 0 Å². The lowest BCUT2D eigenvalue weighted by Gasteiger charge is -2.28. The van der Waals surface area contributed by atoms with E-state index in [-0.39, 0.29) is 12.6 Å². The van der Waals surface area contributed by atoms with Crippen LogP contribution in [0, 0.1) is 12.8 Å². The quantitative estimate of drug-likeness (QED) is 0.765. The number of urea groups is 1. The summed E-state index contributed by atoms with van der Waals surface area (Å²) in [4.78, 5) is 14.2. The highest BCUT2D eigenvalue weighted by Gasteiger charge is 2.42. The van der Waals surface area contributed by atoms with Crippen LogP contribution in [-0.4, -0.2) is 23.3 Å². The maximum Gasteiger partial charge on any atom is 0.315 e. The fourth-order valence-corrected chi connectivity index (χ4v) is 2.87. The Morgan fingerprint density at radius 2 is 2.28 bits per heavy atom. The molecule has 100 valence electrons. The molecule has 0 aromatic carbocycles. The van der Waals surface area contributed by atoms with Crippen LogP contribution in [0.15, 0.2) is 12.1 Å². The minimum absolute atomic E-state index is 0.0107. The van der Waals surface area contributed by atoms with Crippen molar-refractivity contribution in [2.24, 2.45) is 5.92 Å². The third-order valence-corrected chi connectivity index (χ3v) is 4.43. The molecule has 1 unspecified atom stereocenters. The summed E-state index contributed by atoms with van der Waals surface area (Å²) in [7, 11) is 0. The van der Waals surface area contributed by atoms with Gasteiger partial charge < -0.3 is 15.7 Å². The highest BCUT2D eigenvalue weighted by molar-refractivity contribution is 7.11. The van der Waals surface area contributed by atoms with Crippen molar-refractivity contribution in [3.8, 4) is 0 Å². The van der Waals surface area contributed by atoms with Crippen LogP contribution in [0.3, 0.4) is 0 Å². The zero-order valence-electron chi connectivity index (χ0n) is 10.8. The van der Waals surface area contributed by atoms with Crippen molar-refractivity contribution < 1.29 is 9.90 Å². The van der Waals surface area contributed by atoms with Gasteiger partial charge in [0.15, 0.2) is 0 Å². The van der Waals surface area contributed by atoms with Crippen molar-refractivity contribution in [2.75, 3.05) is 6.61 Å². The Morgan fingerprint density at radius 1 is 1.56 bits per heavy atom. The van der Waals surface area contributed by atoms with Crippen LogP contribution in [-0.2, 0) is 6.54 Å². The molecule has 2 amide bonds. The number of amides is 2. The topological polar surface area (TPSA) is 61.4 Å². The number of hydrogen-bond acceptors (Lipinski definition) is 3. The van der Waals surface area contributed by atoms with Gasteiger partial charge in [-0.15, -0.1) is 11.3 Å². The molecule has 4 nitrogen and oxygen atoms in total. The SMILES string of the molecule is Cc1ccc(CNC(=O)NC(C)(CO)C2CC2)s1. The minimum atomic E-state index is -0.477. The second kappa shape index (κ2) is 5.28. The van der Waals surface area contributed by atoms with Gasteiger partial charge in [0.1, 0.15) is 0 Å². The molecule has 0 aliphatic heterocycles. The van der Waals surface area contributed by atoms with E-state index < -0.39 is 5.54 Å². The minimum Gasteiger partial charge on any atom is -0.394 e. The van der Waals surface area contributed by atoms with Gasteiger partial charge in [-0.25, -0.2) is 4.79 Å². The first-order valence-corrected chi connectivity index (χ1v) is 7.07. The summed E-state index contributed by atoms with van der Waals surface area (Å²) in [6.45, 7) is 4.48. The molecule has 1 atom stereocenters. The van der Waals surface area contributed by atoms with E-state index in [1.807, 2.05) is 26.0 Å². The number of nitrogens with one attached hydrogen (secondary N) is 2. The predicted octanol–water partition coefficient (Wildman–Crippen LogP) is 2.02. The second-order valence-electron chi connectivity index (χ2n) is 5.17. The van der Waals surface area contributed by atoms with Crippen molar-refractivity contribution in [3.05, 3.63) is 21.9 Å². The lowest BCUT2D eigenvalue weighted by molar-refractivity contribution is 0.155. The van der Waals surface area contributed by atoms with Crippen molar-refractivity contribution >= 4 is 17.4 Å². The first-order chi connectivity index (χ1) is 8.53. The molecule has 1 saturated carbocycles. The Bertz CT molecular complexity index is 428. The van der Waals surface area contributed by atoms with E-state index in [1.165, 1.54) is 4.88 Å². The molecular formula is C13H20N2O2S. The van der Waals surface area contributed by atoms with E-state index in [2.05, 4.69) is 10.6 Å². The lowest BCUT2D eigenvalue weighted by Crippen LogP contribution is -2.53. The molecule has 0 saturated heterocycles. The van der Waals surface area contributed by atoms with Crippen LogP contribution in [0.25, 0.3) is 0 Å². The highest BCUT2D eigenvalue weighted by Crippen LogP contribution is 2.39. The third-order valence-electron chi connectivity index (χ3n) is 3.43. The Kier molecular flexibility index (Phi) is 3.92. The van der Waals surface area contributed by atoms with Crippen molar-refractivity contribution in [1.29, 1.82) is 0 Å². The van der Waals surface area contributed by atoms with Gasteiger partial charge in [-0.05, 0) is 44.7 Å². The summed E-state index contributed by atoms with van der Waals surface area (Å²) >= 11 is 1.68.